The zero-order chi connectivity index (χ0) is 19.9. The van der Waals surface area contributed by atoms with Crippen LogP contribution in [0.1, 0.15) is 26.2 Å². The lowest BCUT2D eigenvalue weighted by Gasteiger charge is -2.14. The minimum Gasteiger partial charge on any atom is -0.480 e. The number of guanidine groups is 1. The van der Waals surface area contributed by atoms with Gasteiger partial charge in [0.25, 0.3) is 0 Å². The average Bonchev–Trinajstić information content (AvgIpc) is 2.56. The fraction of sp³-hybridized carbons (Fsp3) is 0.692. The van der Waals surface area contributed by atoms with Crippen LogP contribution in [0.3, 0.4) is 0 Å². The first-order chi connectivity index (χ1) is 12.3. The molecule has 13 heteroatoms. The maximum atomic E-state index is 11.7. The van der Waals surface area contributed by atoms with Gasteiger partial charge in [0, 0.05) is 19.5 Å². The third-order valence-electron chi connectivity index (χ3n) is 2.81. The summed E-state index contributed by atoms with van der Waals surface area (Å²) in [4.78, 5) is 37.6. The van der Waals surface area contributed by atoms with Crippen molar-refractivity contribution in [1.82, 2.24) is 15.4 Å². The van der Waals surface area contributed by atoms with Gasteiger partial charge in [-0.3, -0.25) is 18.6 Å². The number of amides is 2. The summed E-state index contributed by atoms with van der Waals surface area (Å²) in [5, 5.41) is 13.9. The van der Waals surface area contributed by atoms with E-state index in [1.807, 2.05) is 6.92 Å². The summed E-state index contributed by atoms with van der Waals surface area (Å²) in [6.45, 7) is 1.65. The highest BCUT2D eigenvalue weighted by Crippen LogP contribution is 1.93. The van der Waals surface area contributed by atoms with Gasteiger partial charge in [-0.2, -0.15) is 4.72 Å². The van der Waals surface area contributed by atoms with Gasteiger partial charge in [-0.1, -0.05) is 13.3 Å². The Balaban J connectivity index is 4.10. The molecule has 0 aromatic heterocycles. The second-order valence-corrected chi connectivity index (χ2v) is 6.00. The molecule has 0 fully saturated rings. The summed E-state index contributed by atoms with van der Waals surface area (Å²) in [7, 11) is 0. The molecule has 0 rings (SSSR count). The molecule has 0 radical (unpaired) electrons. The van der Waals surface area contributed by atoms with E-state index in [1.54, 1.807) is 0 Å². The van der Waals surface area contributed by atoms with Crippen LogP contribution in [0, 0.1) is 0 Å². The molecule has 12 nitrogen and oxygen atoms in total. The SMILES string of the molecule is CCCCOS(=O)NC(CNC(=O)CCNC(=O)CN=C(N)N)C(=O)O. The normalized spacial score (nSPS) is 12.7. The molecule has 0 aromatic carbocycles. The second kappa shape index (κ2) is 14.0. The molecule has 0 aliphatic rings. The standard InChI is InChI=1S/C13H26N6O6S/c1-2-3-6-25-26(24)19-9(12(22)23)7-17-10(20)4-5-16-11(21)8-18-13(14)15/h9,19H,2-8H2,1H3,(H,16,21)(H,17,20)(H,22,23)(H4,14,15,18). The number of hydrogen-bond acceptors (Lipinski definition) is 6. The minimum absolute atomic E-state index is 0.0297. The molecule has 2 atom stereocenters. The van der Waals surface area contributed by atoms with Gasteiger partial charge in [-0.15, -0.1) is 0 Å². The number of carboxylic acid groups (broad SMARTS) is 1. The zero-order valence-corrected chi connectivity index (χ0v) is 15.3. The third kappa shape index (κ3) is 13.1. The van der Waals surface area contributed by atoms with Crippen LogP contribution >= 0.6 is 0 Å². The highest BCUT2D eigenvalue weighted by atomic mass is 32.2. The van der Waals surface area contributed by atoms with Crippen molar-refractivity contribution in [2.75, 3.05) is 26.2 Å². The Kier molecular flexibility index (Phi) is 12.8. The molecule has 0 aliphatic carbocycles. The summed E-state index contributed by atoms with van der Waals surface area (Å²) in [5.41, 5.74) is 10.2. The van der Waals surface area contributed by atoms with Crippen molar-refractivity contribution < 1.29 is 27.9 Å². The van der Waals surface area contributed by atoms with Crippen LogP contribution in [0.2, 0.25) is 0 Å². The molecule has 0 saturated heterocycles. The Hall–Kier alpha value is -2.25. The lowest BCUT2D eigenvalue weighted by molar-refractivity contribution is -0.139. The smallest absolute Gasteiger partial charge is 0.323 e. The molecule has 2 unspecified atom stereocenters. The largest absolute Gasteiger partial charge is 0.480 e. The number of unbranched alkanes of at least 4 members (excludes halogenated alkanes) is 1. The second-order valence-electron chi connectivity index (χ2n) is 5.06. The number of hydrogen-bond donors (Lipinski definition) is 6. The van der Waals surface area contributed by atoms with Crippen molar-refractivity contribution in [1.29, 1.82) is 0 Å². The van der Waals surface area contributed by atoms with E-state index in [4.69, 9.17) is 20.8 Å². The van der Waals surface area contributed by atoms with E-state index in [0.717, 1.165) is 6.42 Å². The van der Waals surface area contributed by atoms with Gasteiger partial charge in [0.15, 0.2) is 5.96 Å². The van der Waals surface area contributed by atoms with Crippen molar-refractivity contribution in [3.8, 4) is 0 Å². The molecule has 0 saturated carbocycles. The molecule has 0 aromatic rings. The number of carbonyl (C=O) groups is 3. The van der Waals surface area contributed by atoms with Crippen LogP contribution in [0.5, 0.6) is 0 Å². The Morgan fingerprint density at radius 3 is 2.50 bits per heavy atom. The van der Waals surface area contributed by atoms with E-state index in [1.165, 1.54) is 0 Å². The monoisotopic (exact) mass is 394 g/mol. The van der Waals surface area contributed by atoms with Gasteiger partial charge in [0.05, 0.1) is 6.61 Å². The number of nitrogens with one attached hydrogen (secondary N) is 3. The topological polar surface area (TPSA) is 198 Å². The summed E-state index contributed by atoms with van der Waals surface area (Å²) in [6.07, 6.45) is 1.46. The van der Waals surface area contributed by atoms with E-state index in [0.29, 0.717) is 6.42 Å². The summed E-state index contributed by atoms with van der Waals surface area (Å²) in [6, 6.07) is -1.28. The minimum atomic E-state index is -1.98. The van der Waals surface area contributed by atoms with Gasteiger partial charge >= 0.3 is 5.97 Å². The third-order valence-corrected chi connectivity index (χ3v) is 3.67. The van der Waals surface area contributed by atoms with Crippen LogP contribution < -0.4 is 26.8 Å². The quantitative estimate of drug-likeness (QED) is 0.104. The number of carbonyl (C=O) groups excluding carboxylic acids is 2. The number of rotatable bonds is 14. The van der Waals surface area contributed by atoms with E-state index in [-0.39, 0.29) is 38.6 Å². The number of carboxylic acids is 1. The Bertz CT molecular complexity index is 525. The van der Waals surface area contributed by atoms with E-state index in [9.17, 15) is 18.6 Å². The summed E-state index contributed by atoms with van der Waals surface area (Å²) < 4.78 is 18.7. The molecule has 8 N–H and O–H groups in total. The maximum absolute atomic E-state index is 11.7. The molecule has 26 heavy (non-hydrogen) atoms. The number of aliphatic carboxylic acids is 1. The van der Waals surface area contributed by atoms with Crippen molar-refractivity contribution in [3.05, 3.63) is 0 Å². The number of nitrogens with two attached hydrogens (primary N) is 2. The van der Waals surface area contributed by atoms with Gasteiger partial charge in [-0.25, -0.2) is 9.20 Å². The van der Waals surface area contributed by atoms with E-state index in [2.05, 4.69) is 20.3 Å². The van der Waals surface area contributed by atoms with E-state index < -0.39 is 35.1 Å². The summed E-state index contributed by atoms with van der Waals surface area (Å²) >= 11 is -1.98. The van der Waals surface area contributed by atoms with Crippen molar-refractivity contribution in [2.24, 2.45) is 16.5 Å². The number of aliphatic imine (C=N–C) groups is 1. The van der Waals surface area contributed by atoms with Crippen molar-refractivity contribution in [3.63, 3.8) is 0 Å². The van der Waals surface area contributed by atoms with Crippen LogP contribution in [0.15, 0.2) is 4.99 Å². The first-order valence-electron chi connectivity index (χ1n) is 7.89. The molecule has 0 bridgehead atoms. The van der Waals surface area contributed by atoms with Crippen LogP contribution in [-0.4, -0.2) is 65.3 Å². The Labute approximate surface area is 153 Å². The zero-order valence-electron chi connectivity index (χ0n) is 14.5. The predicted octanol–water partition coefficient (Wildman–Crippen LogP) is -2.68. The van der Waals surface area contributed by atoms with Crippen LogP contribution in [-0.2, 0) is 29.8 Å². The van der Waals surface area contributed by atoms with Crippen molar-refractivity contribution >= 4 is 35.0 Å². The number of nitrogens with zero attached hydrogens (tertiary/aromatic N) is 1. The molecule has 0 aliphatic heterocycles. The highest BCUT2D eigenvalue weighted by Gasteiger charge is 2.21. The summed E-state index contributed by atoms with van der Waals surface area (Å²) in [5.74, 6) is -2.46. The lowest BCUT2D eigenvalue weighted by Crippen LogP contribution is -2.47. The fourth-order valence-corrected chi connectivity index (χ4v) is 2.20. The first-order valence-corrected chi connectivity index (χ1v) is 8.96. The first kappa shape index (κ1) is 23.8. The van der Waals surface area contributed by atoms with Gasteiger partial charge in [-0.05, 0) is 6.42 Å². The highest BCUT2D eigenvalue weighted by molar-refractivity contribution is 7.78. The Morgan fingerprint density at radius 2 is 1.92 bits per heavy atom. The molecule has 0 heterocycles. The molecular formula is C13H26N6O6S. The molecule has 150 valence electrons. The predicted molar refractivity (Wildman–Crippen MR) is 94.9 cm³/mol. The molecule has 2 amide bonds. The Morgan fingerprint density at radius 1 is 1.23 bits per heavy atom. The van der Waals surface area contributed by atoms with Crippen molar-refractivity contribution in [2.45, 2.75) is 32.2 Å². The molecular weight excluding hydrogens is 368 g/mol. The maximum Gasteiger partial charge on any atom is 0.323 e. The fourth-order valence-electron chi connectivity index (χ4n) is 1.45. The van der Waals surface area contributed by atoms with Gasteiger partial charge < -0.3 is 27.2 Å². The van der Waals surface area contributed by atoms with E-state index >= 15 is 0 Å². The lowest BCUT2D eigenvalue weighted by atomic mass is 10.3. The van der Waals surface area contributed by atoms with Gasteiger partial charge in [0.2, 0.25) is 23.1 Å². The van der Waals surface area contributed by atoms with Gasteiger partial charge in [0.1, 0.15) is 12.6 Å². The average molecular weight is 394 g/mol. The van der Waals surface area contributed by atoms with Crippen LogP contribution in [0.4, 0.5) is 0 Å². The molecule has 0 spiro atoms. The van der Waals surface area contributed by atoms with Crippen LogP contribution in [0.25, 0.3) is 0 Å².